The Morgan fingerprint density at radius 3 is 2.47 bits per heavy atom. The first-order valence-electron chi connectivity index (χ1n) is 3.82. The first-order chi connectivity index (χ1) is 6.88. The van der Waals surface area contributed by atoms with Gasteiger partial charge in [-0.2, -0.15) is 4.99 Å². The number of hydrogen-bond acceptors (Lipinski definition) is 1. The molecule has 1 rings (SSSR count). The largest absolute Gasteiger partial charge is 0.506 e. The normalized spacial score (nSPS) is 12.7. The van der Waals surface area contributed by atoms with Gasteiger partial charge in [0.15, 0.2) is 0 Å². The van der Waals surface area contributed by atoms with Crippen molar-refractivity contribution >= 4 is 23.2 Å². The fraction of sp³-hybridized carbons (Fsp3) is 0.125. The lowest BCUT2D eigenvalue weighted by Crippen LogP contribution is -2.26. The molecule has 1 aromatic carbocycles. The number of nitrogens with two attached hydrogens (primary N) is 1. The molecule has 0 heterocycles. The van der Waals surface area contributed by atoms with Crippen LogP contribution < -0.4 is 11.1 Å². The number of rotatable bonds is 1. The number of para-hydroxylation sites is 1. The first kappa shape index (κ1) is 11.6. The minimum absolute atomic E-state index is 0.262. The lowest BCUT2D eigenvalue weighted by atomic mass is 10.3. The van der Waals surface area contributed by atoms with Crippen molar-refractivity contribution in [2.45, 2.75) is 6.30 Å². The van der Waals surface area contributed by atoms with Crippen LogP contribution in [0.5, 0.6) is 0 Å². The van der Waals surface area contributed by atoms with Gasteiger partial charge in [-0.3, -0.25) is 0 Å². The summed E-state index contributed by atoms with van der Waals surface area (Å²) >= 11 is 5.69. The Balaban J connectivity index is 2.79. The fourth-order valence-electron chi connectivity index (χ4n) is 0.865. The Morgan fingerprint density at radius 1 is 1.33 bits per heavy atom. The van der Waals surface area contributed by atoms with Crippen LogP contribution in [0.4, 0.5) is 18.9 Å². The Bertz CT molecular complexity index is 376. The lowest BCUT2D eigenvalue weighted by Gasteiger charge is -2.07. The summed E-state index contributed by atoms with van der Waals surface area (Å²) in [6, 6.07) is 6.26. The number of guanidine groups is 1. The molecule has 0 spiro atoms. The van der Waals surface area contributed by atoms with E-state index in [1.54, 1.807) is 12.1 Å². The molecule has 3 N–H and O–H groups in total. The fourth-order valence-corrected chi connectivity index (χ4v) is 1.05. The summed E-state index contributed by atoms with van der Waals surface area (Å²) in [5, 5.41) is 2.50. The van der Waals surface area contributed by atoms with Gasteiger partial charge in [0.2, 0.25) is 5.96 Å². The smallest absolute Gasteiger partial charge is 0.369 e. The molecule has 1 aromatic rings. The number of nitrogens with one attached hydrogen (secondary N) is 1. The van der Waals surface area contributed by atoms with E-state index in [0.29, 0.717) is 0 Å². The molecule has 3 nitrogen and oxygen atoms in total. The van der Waals surface area contributed by atoms with Crippen LogP contribution in [0, 0.1) is 0 Å². The van der Waals surface area contributed by atoms with E-state index in [1.807, 2.05) is 0 Å². The summed E-state index contributed by atoms with van der Waals surface area (Å²) in [6.45, 7) is 0. The molecule has 7 heteroatoms. The van der Waals surface area contributed by atoms with Crippen molar-refractivity contribution in [1.29, 1.82) is 0 Å². The number of hydrogen-bond donors (Lipinski definition) is 2. The maximum Gasteiger partial charge on any atom is 0.506 e. The minimum Gasteiger partial charge on any atom is -0.369 e. The molecule has 0 aliphatic carbocycles. The molecule has 0 saturated heterocycles. The highest BCUT2D eigenvalue weighted by Gasteiger charge is 2.26. The van der Waals surface area contributed by atoms with Crippen molar-refractivity contribution in [2.75, 3.05) is 5.32 Å². The van der Waals surface area contributed by atoms with E-state index in [9.17, 15) is 13.2 Å². The minimum atomic E-state index is -4.70. The topological polar surface area (TPSA) is 50.4 Å². The molecular weight excluding hydrogens is 231 g/mol. The van der Waals surface area contributed by atoms with E-state index in [1.165, 1.54) is 12.1 Å². The number of benzene rings is 1. The summed E-state index contributed by atoms with van der Waals surface area (Å²) in [4.78, 5) is 2.27. The van der Waals surface area contributed by atoms with Crippen LogP contribution in [0.15, 0.2) is 29.3 Å². The van der Waals surface area contributed by atoms with E-state index in [0.717, 1.165) is 0 Å². The maximum absolute atomic E-state index is 11.8. The highest BCUT2D eigenvalue weighted by atomic mass is 35.5. The molecule has 0 aliphatic rings. The predicted octanol–water partition coefficient (Wildman–Crippen LogP) is 2.59. The predicted molar refractivity (Wildman–Crippen MR) is 52.8 cm³/mol. The standard InChI is InChI=1S/C8H7ClF3N3/c9-5-3-1-2-4-6(5)14-7(13)15-8(10,11)12/h1-4H,(H3,13,14,15). The third-order valence-corrected chi connectivity index (χ3v) is 1.71. The van der Waals surface area contributed by atoms with Crippen molar-refractivity contribution in [3.63, 3.8) is 0 Å². The number of aliphatic imine (C=N–C) groups is 1. The summed E-state index contributed by atoms with van der Waals surface area (Å²) in [7, 11) is 0. The lowest BCUT2D eigenvalue weighted by molar-refractivity contribution is -0.119. The van der Waals surface area contributed by atoms with Crippen molar-refractivity contribution in [1.82, 2.24) is 0 Å². The molecule has 0 fully saturated rings. The number of nitrogens with zero attached hydrogens (tertiary/aromatic N) is 1. The second-order valence-electron chi connectivity index (χ2n) is 2.57. The molecule has 0 saturated carbocycles. The molecule has 15 heavy (non-hydrogen) atoms. The van der Waals surface area contributed by atoms with Crippen molar-refractivity contribution in [2.24, 2.45) is 10.7 Å². The van der Waals surface area contributed by atoms with Gasteiger partial charge in [-0.25, -0.2) is 0 Å². The SMILES string of the molecule is NC(=NC(F)(F)F)Nc1ccccc1Cl. The third-order valence-electron chi connectivity index (χ3n) is 1.38. The molecule has 0 aromatic heterocycles. The number of halogens is 4. The molecule has 0 radical (unpaired) electrons. The molecule has 82 valence electrons. The maximum atomic E-state index is 11.8. The zero-order valence-corrected chi connectivity index (χ0v) is 8.10. The van der Waals surface area contributed by atoms with Crippen molar-refractivity contribution in [3.05, 3.63) is 29.3 Å². The van der Waals surface area contributed by atoms with Crippen LogP contribution in [-0.4, -0.2) is 12.3 Å². The van der Waals surface area contributed by atoms with E-state index < -0.39 is 12.3 Å². The highest BCUT2D eigenvalue weighted by molar-refractivity contribution is 6.33. The van der Waals surface area contributed by atoms with E-state index in [2.05, 4.69) is 10.3 Å². The Labute approximate surface area is 88.7 Å². The second kappa shape index (κ2) is 4.39. The van der Waals surface area contributed by atoms with E-state index in [4.69, 9.17) is 17.3 Å². The summed E-state index contributed by atoms with van der Waals surface area (Å²) < 4.78 is 35.3. The monoisotopic (exact) mass is 237 g/mol. The van der Waals surface area contributed by atoms with Crippen molar-refractivity contribution < 1.29 is 13.2 Å². The highest BCUT2D eigenvalue weighted by Crippen LogP contribution is 2.21. The molecule has 0 aliphatic heterocycles. The summed E-state index contributed by atoms with van der Waals surface area (Å²) in [5.41, 5.74) is 5.29. The molecule has 0 amide bonds. The van der Waals surface area contributed by atoms with Crippen LogP contribution in [0.3, 0.4) is 0 Å². The quantitative estimate of drug-likeness (QED) is 0.448. The Morgan fingerprint density at radius 2 is 1.93 bits per heavy atom. The average Bonchev–Trinajstić information content (AvgIpc) is 2.05. The Hall–Kier alpha value is -1.43. The van der Waals surface area contributed by atoms with Gasteiger partial charge in [0.1, 0.15) is 0 Å². The first-order valence-corrected chi connectivity index (χ1v) is 4.20. The van der Waals surface area contributed by atoms with Gasteiger partial charge in [-0.1, -0.05) is 23.7 Å². The zero-order chi connectivity index (χ0) is 11.5. The summed E-state index contributed by atoms with van der Waals surface area (Å²) in [5.74, 6) is -0.754. The molecule has 0 bridgehead atoms. The van der Waals surface area contributed by atoms with Gasteiger partial charge in [0.05, 0.1) is 10.7 Å². The van der Waals surface area contributed by atoms with Gasteiger partial charge < -0.3 is 11.1 Å². The van der Waals surface area contributed by atoms with Gasteiger partial charge in [0, 0.05) is 0 Å². The molecular formula is C8H7ClF3N3. The molecule has 0 unspecified atom stereocenters. The summed E-state index contributed by atoms with van der Waals surface area (Å²) in [6.07, 6.45) is -4.70. The number of alkyl halides is 3. The molecule has 0 atom stereocenters. The van der Waals surface area contributed by atoms with Crippen LogP contribution in [0.25, 0.3) is 0 Å². The van der Waals surface area contributed by atoms with Crippen LogP contribution in [0.1, 0.15) is 0 Å². The van der Waals surface area contributed by atoms with Crippen LogP contribution >= 0.6 is 11.6 Å². The second-order valence-corrected chi connectivity index (χ2v) is 2.98. The van der Waals surface area contributed by atoms with Gasteiger partial charge in [-0.05, 0) is 12.1 Å². The average molecular weight is 238 g/mol. The Kier molecular flexibility index (Phi) is 3.41. The third kappa shape index (κ3) is 4.07. The van der Waals surface area contributed by atoms with Crippen LogP contribution in [-0.2, 0) is 0 Å². The van der Waals surface area contributed by atoms with Gasteiger partial charge in [0.25, 0.3) is 0 Å². The van der Waals surface area contributed by atoms with Crippen molar-refractivity contribution in [3.8, 4) is 0 Å². The van der Waals surface area contributed by atoms with E-state index >= 15 is 0 Å². The number of anilines is 1. The van der Waals surface area contributed by atoms with Gasteiger partial charge >= 0.3 is 6.30 Å². The van der Waals surface area contributed by atoms with Crippen LogP contribution in [0.2, 0.25) is 5.02 Å². The van der Waals surface area contributed by atoms with E-state index in [-0.39, 0.29) is 10.7 Å². The van der Waals surface area contributed by atoms with Gasteiger partial charge in [-0.15, -0.1) is 13.2 Å². The zero-order valence-electron chi connectivity index (χ0n) is 7.35.